The zero-order chi connectivity index (χ0) is 15.3. The summed E-state index contributed by atoms with van der Waals surface area (Å²) in [6.45, 7) is 6.44. The number of hydrogen-bond donors (Lipinski definition) is 0. The average molecular weight is 291 g/mol. The summed E-state index contributed by atoms with van der Waals surface area (Å²) in [6, 6.07) is 11.0. The van der Waals surface area contributed by atoms with Crippen LogP contribution in [0.4, 0.5) is 0 Å². The fraction of sp³-hybridized carbons (Fsp3) is 0.368. The average Bonchev–Trinajstić information content (AvgIpc) is 2.86. The third-order valence-electron chi connectivity index (χ3n) is 5.04. The molecule has 1 fully saturated rings. The van der Waals surface area contributed by atoms with E-state index in [1.807, 2.05) is 24.7 Å². The summed E-state index contributed by atoms with van der Waals surface area (Å²) in [5, 5.41) is 5.80. The third-order valence-corrected chi connectivity index (χ3v) is 5.04. The van der Waals surface area contributed by atoms with Crippen LogP contribution in [-0.4, -0.2) is 14.8 Å². The van der Waals surface area contributed by atoms with Crippen molar-refractivity contribution in [1.29, 1.82) is 0 Å². The van der Waals surface area contributed by atoms with Crippen LogP contribution in [0.1, 0.15) is 43.1 Å². The lowest BCUT2D eigenvalue weighted by molar-refractivity contribution is 0.272. The van der Waals surface area contributed by atoms with Gasteiger partial charge >= 0.3 is 0 Å². The monoisotopic (exact) mass is 291 g/mol. The van der Waals surface area contributed by atoms with E-state index in [0.717, 1.165) is 17.1 Å². The van der Waals surface area contributed by atoms with Crippen LogP contribution in [0.25, 0.3) is 16.6 Å². The maximum Gasteiger partial charge on any atom is 0.0744 e. The number of nitrogens with zero attached hydrogens (tertiary/aromatic N) is 3. The number of aryl methyl sites for hydroxylation is 2. The first kappa shape index (κ1) is 13.5. The molecule has 22 heavy (non-hydrogen) atoms. The lowest BCUT2D eigenvalue weighted by atomic mass is 9.66. The minimum atomic E-state index is 0.355. The van der Waals surface area contributed by atoms with E-state index in [2.05, 4.69) is 47.3 Å². The van der Waals surface area contributed by atoms with Crippen molar-refractivity contribution in [3.05, 3.63) is 53.5 Å². The molecule has 0 atom stereocenters. The van der Waals surface area contributed by atoms with E-state index >= 15 is 0 Å². The Morgan fingerprint density at radius 2 is 1.77 bits per heavy atom. The topological polar surface area (TPSA) is 30.7 Å². The Balaban J connectivity index is 1.89. The van der Waals surface area contributed by atoms with Crippen LogP contribution in [0.5, 0.6) is 0 Å². The Morgan fingerprint density at radius 1 is 1.05 bits per heavy atom. The van der Waals surface area contributed by atoms with Gasteiger partial charge in [-0.05, 0) is 55.9 Å². The van der Waals surface area contributed by atoms with Crippen molar-refractivity contribution in [1.82, 2.24) is 14.8 Å². The van der Waals surface area contributed by atoms with Crippen LogP contribution in [-0.2, 0) is 5.41 Å². The number of aromatic nitrogens is 3. The first-order valence-corrected chi connectivity index (χ1v) is 7.99. The van der Waals surface area contributed by atoms with Crippen LogP contribution in [0.2, 0.25) is 0 Å². The molecular weight excluding hydrogens is 270 g/mol. The van der Waals surface area contributed by atoms with Gasteiger partial charge in [0.05, 0.1) is 17.4 Å². The Labute approximate surface area is 131 Å². The van der Waals surface area contributed by atoms with Crippen molar-refractivity contribution in [3.8, 4) is 5.69 Å². The van der Waals surface area contributed by atoms with Gasteiger partial charge < -0.3 is 0 Å². The van der Waals surface area contributed by atoms with Crippen LogP contribution in [0.3, 0.4) is 0 Å². The van der Waals surface area contributed by atoms with Gasteiger partial charge in [0.1, 0.15) is 0 Å². The number of pyridine rings is 1. The highest BCUT2D eigenvalue weighted by atomic mass is 15.3. The van der Waals surface area contributed by atoms with Gasteiger partial charge in [-0.3, -0.25) is 4.98 Å². The molecular formula is C19H21N3. The van der Waals surface area contributed by atoms with E-state index < -0.39 is 0 Å². The summed E-state index contributed by atoms with van der Waals surface area (Å²) >= 11 is 0. The van der Waals surface area contributed by atoms with E-state index in [1.54, 1.807) is 0 Å². The van der Waals surface area contributed by atoms with Gasteiger partial charge in [0.15, 0.2) is 0 Å². The second kappa shape index (κ2) is 4.67. The molecule has 0 saturated heterocycles. The van der Waals surface area contributed by atoms with E-state index in [1.165, 1.54) is 35.7 Å². The summed E-state index contributed by atoms with van der Waals surface area (Å²) in [6.07, 6.45) is 5.88. The largest absolute Gasteiger partial charge is 0.258 e. The molecule has 0 bridgehead atoms. The number of hydrogen-bond acceptors (Lipinski definition) is 2. The Hall–Kier alpha value is -2.16. The van der Waals surface area contributed by atoms with Crippen molar-refractivity contribution >= 4 is 10.9 Å². The lowest BCUT2D eigenvalue weighted by Crippen LogP contribution is -2.30. The molecule has 1 saturated carbocycles. The SMILES string of the molecule is Cc1cc(-n2ncc3ccc(C4(C)CCC4)cc32)cc(C)n1. The molecule has 3 heteroatoms. The Morgan fingerprint density at radius 3 is 2.41 bits per heavy atom. The van der Waals surface area contributed by atoms with Crippen molar-refractivity contribution in [2.75, 3.05) is 0 Å². The lowest BCUT2D eigenvalue weighted by Gasteiger charge is -2.39. The quantitative estimate of drug-likeness (QED) is 0.697. The Kier molecular flexibility index (Phi) is 2.86. The second-order valence-electron chi connectivity index (χ2n) is 6.85. The molecule has 3 aromatic rings. The van der Waals surface area contributed by atoms with Gasteiger partial charge in [-0.1, -0.05) is 25.5 Å². The van der Waals surface area contributed by atoms with Crippen LogP contribution >= 0.6 is 0 Å². The van der Waals surface area contributed by atoms with Gasteiger partial charge in [-0.15, -0.1) is 0 Å². The molecule has 2 heterocycles. The van der Waals surface area contributed by atoms with Gasteiger partial charge in [0, 0.05) is 16.8 Å². The summed E-state index contributed by atoms with van der Waals surface area (Å²) < 4.78 is 2.04. The van der Waals surface area contributed by atoms with Crippen molar-refractivity contribution < 1.29 is 0 Å². The first-order chi connectivity index (χ1) is 10.5. The van der Waals surface area contributed by atoms with Gasteiger partial charge in [-0.25, -0.2) is 4.68 Å². The van der Waals surface area contributed by atoms with Crippen molar-refractivity contribution in [3.63, 3.8) is 0 Å². The maximum atomic E-state index is 4.60. The number of benzene rings is 1. The molecule has 1 aliphatic rings. The molecule has 0 aliphatic heterocycles. The van der Waals surface area contributed by atoms with E-state index in [0.29, 0.717) is 5.41 Å². The second-order valence-corrected chi connectivity index (χ2v) is 6.85. The zero-order valence-corrected chi connectivity index (χ0v) is 13.4. The minimum Gasteiger partial charge on any atom is -0.258 e. The summed E-state index contributed by atoms with van der Waals surface area (Å²) in [4.78, 5) is 4.46. The van der Waals surface area contributed by atoms with Gasteiger partial charge in [-0.2, -0.15) is 5.10 Å². The third kappa shape index (κ3) is 2.04. The molecule has 0 radical (unpaired) electrons. The molecule has 4 rings (SSSR count). The molecule has 0 amide bonds. The number of fused-ring (bicyclic) bond motifs is 1. The Bertz CT molecular complexity index is 836. The van der Waals surface area contributed by atoms with Crippen LogP contribution < -0.4 is 0 Å². The van der Waals surface area contributed by atoms with Crippen molar-refractivity contribution in [2.45, 2.75) is 45.4 Å². The molecule has 0 spiro atoms. The summed E-state index contributed by atoms with van der Waals surface area (Å²) in [7, 11) is 0. The smallest absolute Gasteiger partial charge is 0.0744 e. The summed E-state index contributed by atoms with van der Waals surface area (Å²) in [5.41, 5.74) is 6.14. The minimum absolute atomic E-state index is 0.355. The normalized spacial score (nSPS) is 16.7. The standard InChI is InChI=1S/C19H21N3/c1-13-9-17(10-14(2)21-13)22-18-11-16(19(3)7-4-8-19)6-5-15(18)12-20-22/h5-6,9-12H,4,7-8H2,1-3H3. The van der Waals surface area contributed by atoms with Crippen LogP contribution in [0.15, 0.2) is 36.5 Å². The first-order valence-electron chi connectivity index (χ1n) is 7.99. The summed E-state index contributed by atoms with van der Waals surface area (Å²) in [5.74, 6) is 0. The van der Waals surface area contributed by atoms with Crippen molar-refractivity contribution in [2.24, 2.45) is 0 Å². The molecule has 3 nitrogen and oxygen atoms in total. The fourth-order valence-electron chi connectivity index (χ4n) is 3.53. The fourth-order valence-corrected chi connectivity index (χ4v) is 3.53. The highest BCUT2D eigenvalue weighted by Crippen LogP contribution is 2.43. The maximum absolute atomic E-state index is 4.60. The highest BCUT2D eigenvalue weighted by molar-refractivity contribution is 5.81. The zero-order valence-electron chi connectivity index (χ0n) is 13.4. The molecule has 0 N–H and O–H groups in total. The van der Waals surface area contributed by atoms with E-state index in [9.17, 15) is 0 Å². The molecule has 1 aromatic carbocycles. The number of rotatable bonds is 2. The molecule has 1 aliphatic carbocycles. The van der Waals surface area contributed by atoms with Gasteiger partial charge in [0.2, 0.25) is 0 Å². The van der Waals surface area contributed by atoms with E-state index in [4.69, 9.17) is 0 Å². The van der Waals surface area contributed by atoms with Gasteiger partial charge in [0.25, 0.3) is 0 Å². The highest BCUT2D eigenvalue weighted by Gasteiger charge is 2.33. The predicted molar refractivity (Wildman–Crippen MR) is 89.5 cm³/mol. The van der Waals surface area contributed by atoms with Crippen LogP contribution in [0, 0.1) is 13.8 Å². The molecule has 0 unspecified atom stereocenters. The van der Waals surface area contributed by atoms with E-state index in [-0.39, 0.29) is 0 Å². The predicted octanol–water partition coefficient (Wildman–Crippen LogP) is 4.48. The molecule has 2 aromatic heterocycles. The molecule has 112 valence electrons.